The van der Waals surface area contributed by atoms with E-state index < -0.39 is 0 Å². The van der Waals surface area contributed by atoms with E-state index >= 15 is 0 Å². The van der Waals surface area contributed by atoms with E-state index in [1.807, 2.05) is 37.4 Å². The summed E-state index contributed by atoms with van der Waals surface area (Å²) < 4.78 is 15.4. The summed E-state index contributed by atoms with van der Waals surface area (Å²) in [5.41, 5.74) is 1.90. The molecule has 2 aromatic carbocycles. The third kappa shape index (κ3) is 6.27. The molecule has 29 heavy (non-hydrogen) atoms. The maximum absolute atomic E-state index is 13.4. The van der Waals surface area contributed by atoms with Crippen LogP contribution in [0.25, 0.3) is 0 Å². The number of carbonyl (C=O) groups excluding carboxylic acids is 1. The third-order valence-electron chi connectivity index (χ3n) is 5.66. The molecule has 158 valence electrons. The molecule has 0 N–H and O–H groups in total. The molecule has 0 aliphatic carbocycles. The summed E-state index contributed by atoms with van der Waals surface area (Å²) in [5, 5.41) is 0. The van der Waals surface area contributed by atoms with Gasteiger partial charge in [-0.05, 0) is 74.4 Å². The van der Waals surface area contributed by atoms with Gasteiger partial charge in [0.25, 0.3) is 0 Å². The lowest BCUT2D eigenvalue weighted by atomic mass is 9.70. The quantitative estimate of drug-likeness (QED) is 0.473. The Balaban J connectivity index is 0.00000300. The van der Waals surface area contributed by atoms with Gasteiger partial charge in [0.15, 0.2) is 0 Å². The molecule has 1 fully saturated rings. The van der Waals surface area contributed by atoms with Crippen LogP contribution in [0.2, 0.25) is 0 Å². The molecule has 0 aromatic heterocycles. The zero-order valence-corrected chi connectivity index (χ0v) is 20.6. The van der Waals surface area contributed by atoms with Gasteiger partial charge >= 0.3 is 0 Å². The van der Waals surface area contributed by atoms with Gasteiger partial charge in [0.2, 0.25) is 5.91 Å². The van der Waals surface area contributed by atoms with E-state index in [9.17, 15) is 9.18 Å². The summed E-state index contributed by atoms with van der Waals surface area (Å²) in [7, 11) is 3.96. The van der Waals surface area contributed by atoms with Gasteiger partial charge in [-0.3, -0.25) is 4.79 Å². The molecular weight excluding hydrogens is 523 g/mol. The molecule has 0 saturated carbocycles. The third-order valence-corrected chi connectivity index (χ3v) is 6.57. The van der Waals surface area contributed by atoms with Crippen LogP contribution in [0, 0.1) is 5.82 Å². The molecule has 3 rings (SSSR count). The number of likely N-dealkylation sites (tertiary alicyclic amines) is 1. The van der Waals surface area contributed by atoms with Gasteiger partial charge in [0, 0.05) is 34.4 Å². The summed E-state index contributed by atoms with van der Waals surface area (Å²) >= 11 is 7.00. The van der Waals surface area contributed by atoms with Crippen LogP contribution in [-0.2, 0) is 16.8 Å². The number of carbonyl (C=O) groups is 1. The normalized spacial score (nSPS) is 16.2. The number of hydrogen-bond donors (Lipinski definition) is 0. The molecule has 0 unspecified atom stereocenters. The van der Waals surface area contributed by atoms with Gasteiger partial charge < -0.3 is 9.80 Å². The zero-order chi connectivity index (χ0) is 20.3. The van der Waals surface area contributed by atoms with E-state index in [-0.39, 0.29) is 29.5 Å². The number of rotatable bonds is 5. The lowest BCUT2D eigenvalue weighted by molar-refractivity contribution is -0.132. The Hall–Kier alpha value is -0.950. The van der Waals surface area contributed by atoms with Crippen molar-refractivity contribution in [3.8, 4) is 0 Å². The van der Waals surface area contributed by atoms with Gasteiger partial charge in [-0.2, -0.15) is 0 Å². The molecule has 0 bridgehead atoms. The SMILES string of the molecule is CN1CCC(CC(=O)N(C)Cc2cc(Br)cc(Br)c2)(c2ccc(F)cc2)CC1.Cl. The highest BCUT2D eigenvalue weighted by Gasteiger charge is 2.38. The van der Waals surface area contributed by atoms with Crippen LogP contribution in [0.5, 0.6) is 0 Å². The maximum atomic E-state index is 13.4. The summed E-state index contributed by atoms with van der Waals surface area (Å²) in [4.78, 5) is 17.2. The van der Waals surface area contributed by atoms with Crippen LogP contribution in [0.4, 0.5) is 4.39 Å². The second-order valence-corrected chi connectivity index (χ2v) is 9.63. The van der Waals surface area contributed by atoms with E-state index in [4.69, 9.17) is 0 Å². The highest BCUT2D eigenvalue weighted by atomic mass is 79.9. The fourth-order valence-electron chi connectivity index (χ4n) is 3.91. The minimum Gasteiger partial charge on any atom is -0.341 e. The molecule has 0 radical (unpaired) electrons. The van der Waals surface area contributed by atoms with E-state index in [1.165, 1.54) is 12.1 Å². The van der Waals surface area contributed by atoms with Gasteiger partial charge in [0.05, 0.1) is 0 Å². The molecule has 1 aliphatic rings. The van der Waals surface area contributed by atoms with Crippen LogP contribution < -0.4 is 0 Å². The van der Waals surface area contributed by atoms with Crippen LogP contribution in [-0.4, -0.2) is 42.9 Å². The summed E-state index contributed by atoms with van der Waals surface area (Å²) in [5.74, 6) is -0.125. The zero-order valence-electron chi connectivity index (χ0n) is 16.6. The number of amides is 1. The van der Waals surface area contributed by atoms with Gasteiger partial charge in [-0.25, -0.2) is 4.39 Å². The highest BCUT2D eigenvalue weighted by Crippen LogP contribution is 2.39. The van der Waals surface area contributed by atoms with E-state index in [2.05, 4.69) is 43.8 Å². The average Bonchev–Trinajstić information content (AvgIpc) is 2.63. The van der Waals surface area contributed by atoms with Crippen molar-refractivity contribution in [1.82, 2.24) is 9.80 Å². The first-order chi connectivity index (χ1) is 13.3. The summed E-state index contributed by atoms with van der Waals surface area (Å²) in [6.45, 7) is 2.43. The van der Waals surface area contributed by atoms with Crippen molar-refractivity contribution in [1.29, 1.82) is 0 Å². The Kier molecular flexibility index (Phi) is 8.71. The number of benzene rings is 2. The molecule has 1 heterocycles. The second kappa shape index (κ2) is 10.4. The molecule has 1 amide bonds. The van der Waals surface area contributed by atoms with Crippen molar-refractivity contribution in [3.63, 3.8) is 0 Å². The summed E-state index contributed by atoms with van der Waals surface area (Å²) in [6, 6.07) is 12.7. The van der Waals surface area contributed by atoms with Crippen molar-refractivity contribution in [3.05, 3.63) is 68.4 Å². The monoisotopic (exact) mass is 546 g/mol. The Labute approximate surface area is 195 Å². The summed E-state index contributed by atoms with van der Waals surface area (Å²) in [6.07, 6.45) is 2.24. The highest BCUT2D eigenvalue weighted by molar-refractivity contribution is 9.11. The Morgan fingerprint density at radius 1 is 1.10 bits per heavy atom. The Morgan fingerprint density at radius 2 is 1.66 bits per heavy atom. The molecular formula is C22H26Br2ClFN2O. The second-order valence-electron chi connectivity index (χ2n) is 7.79. The van der Waals surface area contributed by atoms with Crippen molar-refractivity contribution in [2.45, 2.75) is 31.2 Å². The fourth-order valence-corrected chi connectivity index (χ4v) is 5.29. The molecule has 7 heteroatoms. The van der Waals surface area contributed by atoms with E-state index in [1.54, 1.807) is 4.90 Å². The van der Waals surface area contributed by atoms with Crippen LogP contribution in [0.3, 0.4) is 0 Å². The first-order valence-electron chi connectivity index (χ1n) is 9.41. The maximum Gasteiger partial charge on any atom is 0.223 e. The van der Waals surface area contributed by atoms with Crippen molar-refractivity contribution in [2.24, 2.45) is 0 Å². The average molecular weight is 549 g/mol. The predicted molar refractivity (Wildman–Crippen MR) is 125 cm³/mol. The number of piperidine rings is 1. The molecule has 1 saturated heterocycles. The van der Waals surface area contributed by atoms with Gasteiger partial charge in [-0.15, -0.1) is 12.4 Å². The largest absolute Gasteiger partial charge is 0.341 e. The lowest BCUT2D eigenvalue weighted by Gasteiger charge is -2.41. The van der Waals surface area contributed by atoms with Crippen LogP contribution in [0.1, 0.15) is 30.4 Å². The molecule has 0 spiro atoms. The topological polar surface area (TPSA) is 23.6 Å². The molecule has 0 atom stereocenters. The van der Waals surface area contributed by atoms with Crippen molar-refractivity contribution >= 4 is 50.2 Å². The molecule has 3 nitrogen and oxygen atoms in total. The van der Waals surface area contributed by atoms with Crippen molar-refractivity contribution in [2.75, 3.05) is 27.2 Å². The Bertz CT molecular complexity index is 819. The molecule has 2 aromatic rings. The van der Waals surface area contributed by atoms with Gasteiger partial charge in [0.1, 0.15) is 5.82 Å². The minimum atomic E-state index is -0.240. The van der Waals surface area contributed by atoms with Crippen LogP contribution in [0.15, 0.2) is 51.4 Å². The fraction of sp³-hybridized carbons (Fsp3) is 0.409. The Morgan fingerprint density at radius 3 is 2.21 bits per heavy atom. The first-order valence-corrected chi connectivity index (χ1v) is 11.0. The number of hydrogen-bond acceptors (Lipinski definition) is 2. The predicted octanol–water partition coefficient (Wildman–Crippen LogP) is 5.78. The number of nitrogens with zero attached hydrogens (tertiary/aromatic N) is 2. The first kappa shape index (κ1) is 24.3. The lowest BCUT2D eigenvalue weighted by Crippen LogP contribution is -2.44. The molecule has 1 aliphatic heterocycles. The van der Waals surface area contributed by atoms with E-state index in [0.717, 1.165) is 46.0 Å². The van der Waals surface area contributed by atoms with Crippen molar-refractivity contribution < 1.29 is 9.18 Å². The van der Waals surface area contributed by atoms with Gasteiger partial charge in [-0.1, -0.05) is 44.0 Å². The number of halogens is 4. The minimum absolute atomic E-state index is 0. The smallest absolute Gasteiger partial charge is 0.223 e. The standard InChI is InChI=1S/C22H25Br2FN2O.ClH/c1-26-9-7-22(8-10-26,17-3-5-20(25)6-4-17)14-21(28)27(2)15-16-11-18(23)13-19(24)12-16;/h3-6,11-13H,7-10,14-15H2,1-2H3;1H. The van der Waals surface area contributed by atoms with Crippen LogP contribution >= 0.6 is 44.3 Å². The van der Waals surface area contributed by atoms with E-state index in [0.29, 0.717) is 13.0 Å².